The molecule has 11 heteroatoms. The van der Waals surface area contributed by atoms with E-state index in [9.17, 15) is 9.36 Å². The number of aromatic nitrogens is 2. The third kappa shape index (κ3) is 6.37. The maximum atomic E-state index is 11.7. The minimum Gasteiger partial charge on any atom is -0.482 e. The molecule has 1 aliphatic rings. The predicted molar refractivity (Wildman–Crippen MR) is 84.5 cm³/mol. The van der Waals surface area contributed by atoms with E-state index in [0.29, 0.717) is 12.8 Å². The first kappa shape index (κ1) is 23.4. The van der Waals surface area contributed by atoms with Crippen LogP contribution < -0.4 is 5.69 Å². The second-order valence-electron chi connectivity index (χ2n) is 4.40. The fraction of sp³-hybridized carbons (Fsp3) is 0.692. The first-order valence-electron chi connectivity index (χ1n) is 7.29. The van der Waals surface area contributed by atoms with Gasteiger partial charge in [0, 0.05) is 40.5 Å². The van der Waals surface area contributed by atoms with Gasteiger partial charge < -0.3 is 15.5 Å². The Morgan fingerprint density at radius 3 is 2.54 bits per heavy atom. The fourth-order valence-corrected chi connectivity index (χ4v) is 2.71. The average molecular weight is 541 g/mol. The molecule has 0 bridgehead atoms. The number of nitrogens with zero attached hydrogens (tertiary/aromatic N) is 2. The summed E-state index contributed by atoms with van der Waals surface area (Å²) in [6.07, 6.45) is 1.91. The van der Waals surface area contributed by atoms with Crippen LogP contribution in [0.1, 0.15) is 32.9 Å². The molecule has 1 fully saturated rings. The Morgan fingerprint density at radius 2 is 2.00 bits per heavy atom. The molecule has 1 aromatic heterocycles. The van der Waals surface area contributed by atoms with E-state index < -0.39 is 19.7 Å². The monoisotopic (exact) mass is 541 g/mol. The standard InChI is InChI=1S/C11H18N3O6P.C2H6.Ir/c1-17-21(16,18-2)19-7-8-3-4-10(20-8)14-6-5-9(12)13-11(14)15;1-2;/h5-6,8,10H,3-4,7H2,1-2H3,(H2,12,13,15);1-2H3;/p-1. The van der Waals surface area contributed by atoms with Crippen LogP contribution in [0.4, 0.5) is 5.82 Å². The smallest absolute Gasteiger partial charge is 0.474 e. The summed E-state index contributed by atoms with van der Waals surface area (Å²) < 4.78 is 33.1. The molecular weight excluding hydrogens is 517 g/mol. The van der Waals surface area contributed by atoms with Crippen LogP contribution in [-0.2, 0) is 43.0 Å². The number of phosphoric acid groups is 1. The van der Waals surface area contributed by atoms with Crippen LogP contribution in [0.25, 0.3) is 5.73 Å². The first-order valence-corrected chi connectivity index (χ1v) is 8.76. The summed E-state index contributed by atoms with van der Waals surface area (Å²) >= 11 is 0. The summed E-state index contributed by atoms with van der Waals surface area (Å²) in [5.41, 5.74) is 6.74. The normalized spacial score (nSPS) is 20.0. The molecule has 1 radical (unpaired) electrons. The van der Waals surface area contributed by atoms with Crippen molar-refractivity contribution in [2.24, 2.45) is 0 Å². The summed E-state index contributed by atoms with van der Waals surface area (Å²) in [5.74, 6) is -0.0877. The van der Waals surface area contributed by atoms with E-state index in [1.807, 2.05) is 13.8 Å². The molecule has 0 aromatic carbocycles. The van der Waals surface area contributed by atoms with E-state index in [-0.39, 0.29) is 38.6 Å². The Kier molecular flexibility index (Phi) is 10.8. The number of phosphoric ester groups is 1. The molecule has 1 aliphatic heterocycles. The molecule has 24 heavy (non-hydrogen) atoms. The van der Waals surface area contributed by atoms with Gasteiger partial charge >= 0.3 is 7.82 Å². The van der Waals surface area contributed by atoms with E-state index in [4.69, 9.17) is 15.0 Å². The zero-order valence-electron chi connectivity index (χ0n) is 14.1. The number of hydrogen-bond donors (Lipinski definition) is 0. The summed E-state index contributed by atoms with van der Waals surface area (Å²) in [6.45, 7) is 4.04. The van der Waals surface area contributed by atoms with Gasteiger partial charge in [-0.2, -0.15) is 0 Å². The van der Waals surface area contributed by atoms with E-state index >= 15 is 0 Å². The van der Waals surface area contributed by atoms with Crippen molar-refractivity contribution >= 4 is 13.6 Å². The van der Waals surface area contributed by atoms with Crippen molar-refractivity contribution in [2.45, 2.75) is 39.0 Å². The number of hydrogen-bond acceptors (Lipinski definition) is 7. The molecule has 0 spiro atoms. The largest absolute Gasteiger partial charge is 0.482 e. The van der Waals surface area contributed by atoms with Crippen molar-refractivity contribution in [2.75, 3.05) is 20.8 Å². The van der Waals surface area contributed by atoms with Gasteiger partial charge in [0.15, 0.2) is 0 Å². The Labute approximate surface area is 154 Å². The van der Waals surface area contributed by atoms with Crippen LogP contribution in [0.15, 0.2) is 17.1 Å². The third-order valence-electron chi connectivity index (χ3n) is 3.09. The van der Waals surface area contributed by atoms with Gasteiger partial charge in [-0.1, -0.05) is 19.7 Å². The van der Waals surface area contributed by atoms with Crippen molar-refractivity contribution in [1.82, 2.24) is 9.55 Å². The van der Waals surface area contributed by atoms with Gasteiger partial charge in [-0.15, -0.1) is 0 Å². The zero-order valence-corrected chi connectivity index (χ0v) is 17.3. The summed E-state index contributed by atoms with van der Waals surface area (Å²) in [4.78, 5) is 15.2. The van der Waals surface area contributed by atoms with E-state index in [1.165, 1.54) is 31.0 Å². The number of rotatable bonds is 6. The minimum atomic E-state index is -3.53. The van der Waals surface area contributed by atoms with Gasteiger partial charge in [0.1, 0.15) is 6.23 Å². The van der Waals surface area contributed by atoms with Crippen LogP contribution in [0.5, 0.6) is 0 Å². The molecule has 2 atom stereocenters. The predicted octanol–water partition coefficient (Wildman–Crippen LogP) is 3.05. The minimum absolute atomic E-state index is 0. The molecule has 9 nitrogen and oxygen atoms in total. The van der Waals surface area contributed by atoms with Gasteiger partial charge in [0.05, 0.1) is 12.7 Å². The van der Waals surface area contributed by atoms with E-state index in [2.05, 4.69) is 14.0 Å². The Balaban J connectivity index is 0.00000170. The maximum Gasteiger partial charge on any atom is 0.474 e. The summed E-state index contributed by atoms with van der Waals surface area (Å²) in [6, 6.07) is 1.42. The Bertz CT molecular complexity index is 591. The third-order valence-corrected chi connectivity index (χ3v) is 4.45. The van der Waals surface area contributed by atoms with Crippen LogP contribution >= 0.6 is 7.82 Å². The van der Waals surface area contributed by atoms with Gasteiger partial charge in [0.25, 0.3) is 0 Å². The molecule has 0 amide bonds. The molecule has 0 saturated carbocycles. The van der Waals surface area contributed by atoms with Crippen molar-refractivity contribution in [3.8, 4) is 0 Å². The molecule has 2 rings (SSSR count). The molecule has 0 aliphatic carbocycles. The molecule has 1 aromatic rings. The second kappa shape index (κ2) is 11.1. The zero-order chi connectivity index (χ0) is 17.5. The molecule has 1 saturated heterocycles. The molecule has 1 N–H and O–H groups in total. The SMILES string of the molecule is CC.COP(=O)(OC)OCC1CCC(n2ccc([NH-])nc2=O)O1.[Ir]. The van der Waals surface area contributed by atoms with Crippen molar-refractivity contribution in [1.29, 1.82) is 0 Å². The molecular formula is C13H23IrN3O6P-. The Morgan fingerprint density at radius 1 is 1.38 bits per heavy atom. The van der Waals surface area contributed by atoms with Crippen molar-refractivity contribution < 1.29 is 43.0 Å². The first-order chi connectivity index (χ1) is 11.0. The topological polar surface area (TPSA) is 113 Å². The van der Waals surface area contributed by atoms with Gasteiger partial charge in [-0.25, -0.2) is 4.57 Å². The molecule has 2 heterocycles. The summed E-state index contributed by atoms with van der Waals surface area (Å²) in [7, 11) is -1.06. The van der Waals surface area contributed by atoms with E-state index in [0.717, 1.165) is 0 Å². The van der Waals surface area contributed by atoms with Crippen LogP contribution in [-0.4, -0.2) is 36.5 Å². The molecule has 2 unspecified atom stereocenters. The van der Waals surface area contributed by atoms with Crippen molar-refractivity contribution in [3.05, 3.63) is 28.5 Å². The van der Waals surface area contributed by atoms with Crippen molar-refractivity contribution in [3.63, 3.8) is 0 Å². The second-order valence-corrected chi connectivity index (χ2v) is 6.28. The average Bonchev–Trinajstić information content (AvgIpc) is 3.03. The van der Waals surface area contributed by atoms with Crippen LogP contribution in [0.2, 0.25) is 0 Å². The molecule has 141 valence electrons. The van der Waals surface area contributed by atoms with Crippen LogP contribution in [0.3, 0.4) is 0 Å². The van der Waals surface area contributed by atoms with Gasteiger partial charge in [-0.05, 0) is 18.9 Å². The summed E-state index contributed by atoms with van der Waals surface area (Å²) in [5, 5.41) is 0. The quantitative estimate of drug-likeness (QED) is 0.510. The van der Waals surface area contributed by atoms with Gasteiger partial charge in [0.2, 0.25) is 5.69 Å². The number of ether oxygens (including phenoxy) is 1. The number of nitrogens with one attached hydrogen (secondary N) is 1. The fourth-order valence-electron chi connectivity index (χ4n) is 2.00. The van der Waals surface area contributed by atoms with Crippen LogP contribution in [0, 0.1) is 0 Å². The van der Waals surface area contributed by atoms with Gasteiger partial charge in [-0.3, -0.25) is 22.9 Å². The maximum absolute atomic E-state index is 11.7. The Hall–Kier alpha value is -0.601. The van der Waals surface area contributed by atoms with E-state index in [1.54, 1.807) is 0 Å².